The van der Waals surface area contributed by atoms with Gasteiger partial charge in [0, 0.05) is 6.42 Å². The number of rotatable bonds is 5. The molecule has 1 aliphatic carbocycles. The quantitative estimate of drug-likeness (QED) is 0.718. The third kappa shape index (κ3) is 5.73. The predicted molar refractivity (Wildman–Crippen MR) is 72.4 cm³/mol. The van der Waals surface area contributed by atoms with Crippen LogP contribution in [-0.2, 0) is 19.1 Å². The molecule has 0 saturated carbocycles. The highest BCUT2D eigenvalue weighted by atomic mass is 16.6. The molecule has 0 aromatic rings. The molecule has 1 rings (SSSR count). The highest BCUT2D eigenvalue weighted by Crippen LogP contribution is 2.23. The van der Waals surface area contributed by atoms with Crippen LogP contribution in [0.15, 0.2) is 23.8 Å². The van der Waals surface area contributed by atoms with E-state index in [2.05, 4.69) is 4.74 Å². The van der Waals surface area contributed by atoms with Crippen LogP contribution in [0.25, 0.3) is 0 Å². The molecule has 0 aromatic carbocycles. The Morgan fingerprint density at radius 3 is 2.58 bits per heavy atom. The lowest BCUT2D eigenvalue weighted by Gasteiger charge is -2.19. The average molecular weight is 266 g/mol. The standard InChI is InChI=1S/C15H22O4/c1-15(2,3)19-14(17)12-9-8-11(10-12)6-5-7-13(16)18-4/h8-11H,5-7H2,1-4H3. The molecule has 1 unspecified atom stereocenters. The van der Waals surface area contributed by atoms with Crippen molar-refractivity contribution in [3.05, 3.63) is 23.8 Å². The monoisotopic (exact) mass is 266 g/mol. The Morgan fingerprint density at radius 2 is 2.00 bits per heavy atom. The van der Waals surface area contributed by atoms with E-state index in [1.54, 1.807) is 6.08 Å². The van der Waals surface area contributed by atoms with Crippen LogP contribution in [0.2, 0.25) is 0 Å². The number of carbonyl (C=O) groups excluding carboxylic acids is 2. The molecule has 4 heteroatoms. The first-order chi connectivity index (χ1) is 8.81. The Labute approximate surface area is 114 Å². The summed E-state index contributed by atoms with van der Waals surface area (Å²) in [6, 6.07) is 0. The lowest BCUT2D eigenvalue weighted by molar-refractivity contribution is -0.149. The molecule has 0 aromatic heterocycles. The first-order valence-corrected chi connectivity index (χ1v) is 6.52. The van der Waals surface area contributed by atoms with Crippen LogP contribution in [0.5, 0.6) is 0 Å². The molecule has 0 heterocycles. The molecule has 0 bridgehead atoms. The zero-order valence-corrected chi connectivity index (χ0v) is 12.1. The molecule has 0 radical (unpaired) electrons. The zero-order chi connectivity index (χ0) is 14.5. The molecule has 19 heavy (non-hydrogen) atoms. The second-order valence-corrected chi connectivity index (χ2v) is 5.62. The number of carbonyl (C=O) groups is 2. The molecule has 1 aliphatic rings. The molecule has 0 saturated heterocycles. The summed E-state index contributed by atoms with van der Waals surface area (Å²) >= 11 is 0. The lowest BCUT2D eigenvalue weighted by Crippen LogP contribution is -2.24. The van der Waals surface area contributed by atoms with Gasteiger partial charge < -0.3 is 9.47 Å². The van der Waals surface area contributed by atoms with Crippen LogP contribution >= 0.6 is 0 Å². The molecule has 0 spiro atoms. The number of ether oxygens (including phenoxy) is 2. The smallest absolute Gasteiger partial charge is 0.338 e. The Morgan fingerprint density at radius 1 is 1.32 bits per heavy atom. The molecule has 106 valence electrons. The topological polar surface area (TPSA) is 52.6 Å². The van der Waals surface area contributed by atoms with Gasteiger partial charge in [-0.1, -0.05) is 18.2 Å². The normalized spacial score (nSPS) is 18.1. The number of hydrogen-bond donors (Lipinski definition) is 0. The van der Waals surface area contributed by atoms with Gasteiger partial charge in [-0.25, -0.2) is 4.79 Å². The van der Waals surface area contributed by atoms with Gasteiger partial charge in [-0.15, -0.1) is 0 Å². The van der Waals surface area contributed by atoms with Gasteiger partial charge in [0.1, 0.15) is 5.60 Å². The van der Waals surface area contributed by atoms with Gasteiger partial charge in [0.25, 0.3) is 0 Å². The van der Waals surface area contributed by atoms with Crippen molar-refractivity contribution in [2.24, 2.45) is 5.92 Å². The van der Waals surface area contributed by atoms with E-state index >= 15 is 0 Å². The summed E-state index contributed by atoms with van der Waals surface area (Å²) in [7, 11) is 1.39. The van der Waals surface area contributed by atoms with Crippen LogP contribution in [0, 0.1) is 5.92 Å². The van der Waals surface area contributed by atoms with E-state index in [0.29, 0.717) is 12.0 Å². The van der Waals surface area contributed by atoms with Crippen molar-refractivity contribution in [1.29, 1.82) is 0 Å². The number of hydrogen-bond acceptors (Lipinski definition) is 4. The van der Waals surface area contributed by atoms with E-state index in [4.69, 9.17) is 4.74 Å². The van der Waals surface area contributed by atoms with E-state index in [1.807, 2.05) is 32.9 Å². The highest BCUT2D eigenvalue weighted by molar-refractivity contribution is 5.92. The minimum atomic E-state index is -0.477. The maximum atomic E-state index is 11.8. The van der Waals surface area contributed by atoms with Crippen LogP contribution in [0.1, 0.15) is 40.0 Å². The largest absolute Gasteiger partial charge is 0.469 e. The average Bonchev–Trinajstić information content (AvgIpc) is 2.75. The molecule has 0 N–H and O–H groups in total. The summed E-state index contributed by atoms with van der Waals surface area (Å²) in [6.07, 6.45) is 7.65. The van der Waals surface area contributed by atoms with Gasteiger partial charge in [-0.3, -0.25) is 4.79 Å². The van der Waals surface area contributed by atoms with Crippen molar-refractivity contribution < 1.29 is 19.1 Å². The Balaban J connectivity index is 2.40. The zero-order valence-electron chi connectivity index (χ0n) is 12.1. The minimum Gasteiger partial charge on any atom is -0.469 e. The maximum Gasteiger partial charge on any atom is 0.338 e. The summed E-state index contributed by atoms with van der Waals surface area (Å²) in [6.45, 7) is 5.54. The van der Waals surface area contributed by atoms with Crippen molar-refractivity contribution in [2.75, 3.05) is 7.11 Å². The Hall–Kier alpha value is -1.58. The van der Waals surface area contributed by atoms with Crippen molar-refractivity contribution in [1.82, 2.24) is 0 Å². The third-order valence-corrected chi connectivity index (χ3v) is 2.70. The van der Waals surface area contributed by atoms with E-state index < -0.39 is 5.60 Å². The van der Waals surface area contributed by atoms with Gasteiger partial charge in [-0.2, -0.15) is 0 Å². The molecule has 1 atom stereocenters. The lowest BCUT2D eigenvalue weighted by atomic mass is 10.0. The van der Waals surface area contributed by atoms with Gasteiger partial charge in [0.05, 0.1) is 12.7 Å². The molecular weight excluding hydrogens is 244 g/mol. The SMILES string of the molecule is COC(=O)CCCC1C=CC(C(=O)OC(C)(C)C)=C1. The van der Waals surface area contributed by atoms with E-state index in [-0.39, 0.29) is 17.9 Å². The molecule has 4 nitrogen and oxygen atoms in total. The van der Waals surface area contributed by atoms with Gasteiger partial charge >= 0.3 is 11.9 Å². The first kappa shape index (κ1) is 15.5. The Bertz CT molecular complexity index is 399. The number of allylic oxidation sites excluding steroid dienone is 2. The molecule has 0 aliphatic heterocycles. The van der Waals surface area contributed by atoms with Crippen LogP contribution < -0.4 is 0 Å². The summed E-state index contributed by atoms with van der Waals surface area (Å²) in [5, 5.41) is 0. The third-order valence-electron chi connectivity index (χ3n) is 2.70. The van der Waals surface area contributed by atoms with Crippen molar-refractivity contribution in [3.63, 3.8) is 0 Å². The van der Waals surface area contributed by atoms with Crippen molar-refractivity contribution in [2.45, 2.75) is 45.6 Å². The summed E-state index contributed by atoms with van der Waals surface area (Å²) in [4.78, 5) is 22.8. The summed E-state index contributed by atoms with van der Waals surface area (Å²) < 4.78 is 9.88. The first-order valence-electron chi connectivity index (χ1n) is 6.52. The molecular formula is C15H22O4. The van der Waals surface area contributed by atoms with E-state index in [1.165, 1.54) is 7.11 Å². The molecule has 0 fully saturated rings. The van der Waals surface area contributed by atoms with E-state index in [9.17, 15) is 9.59 Å². The van der Waals surface area contributed by atoms with Crippen LogP contribution in [0.4, 0.5) is 0 Å². The fraction of sp³-hybridized carbons (Fsp3) is 0.600. The molecule has 0 amide bonds. The van der Waals surface area contributed by atoms with Crippen LogP contribution in [-0.4, -0.2) is 24.6 Å². The fourth-order valence-corrected chi connectivity index (χ4v) is 1.81. The van der Waals surface area contributed by atoms with Crippen molar-refractivity contribution >= 4 is 11.9 Å². The minimum absolute atomic E-state index is 0.196. The van der Waals surface area contributed by atoms with E-state index in [0.717, 1.165) is 12.8 Å². The summed E-state index contributed by atoms with van der Waals surface area (Å²) in [5.74, 6) is -0.287. The predicted octanol–water partition coefficient (Wildman–Crippen LogP) is 2.78. The van der Waals surface area contributed by atoms with Crippen molar-refractivity contribution in [3.8, 4) is 0 Å². The maximum absolute atomic E-state index is 11.8. The summed E-state index contributed by atoms with van der Waals surface area (Å²) in [5.41, 5.74) is 0.118. The van der Waals surface area contributed by atoms with Gasteiger partial charge in [0.2, 0.25) is 0 Å². The van der Waals surface area contributed by atoms with Gasteiger partial charge in [-0.05, 0) is 39.5 Å². The Kier molecular flexibility index (Phi) is 5.33. The highest BCUT2D eigenvalue weighted by Gasteiger charge is 2.21. The van der Waals surface area contributed by atoms with Gasteiger partial charge in [0.15, 0.2) is 0 Å². The number of esters is 2. The van der Waals surface area contributed by atoms with Crippen LogP contribution in [0.3, 0.4) is 0 Å². The second-order valence-electron chi connectivity index (χ2n) is 5.62. The second kappa shape index (κ2) is 6.55. The fourth-order valence-electron chi connectivity index (χ4n) is 1.81. The number of methoxy groups -OCH3 is 1.